The van der Waals surface area contributed by atoms with E-state index in [1.54, 1.807) is 24.9 Å². The molecular weight excluding hydrogens is 468 g/mol. The third-order valence-corrected chi connectivity index (χ3v) is 7.22. The molecule has 3 aromatic rings. The maximum atomic E-state index is 12.6. The number of carbonyl (C=O) groups is 2. The molecule has 35 heavy (non-hydrogen) atoms. The van der Waals surface area contributed by atoms with E-state index in [-0.39, 0.29) is 30.3 Å². The van der Waals surface area contributed by atoms with Gasteiger partial charge in [0, 0.05) is 23.5 Å². The number of pyridine rings is 1. The number of carbonyl (C=O) groups excluding carboxylic acids is 2. The number of aromatic nitrogens is 2. The van der Waals surface area contributed by atoms with E-state index in [1.807, 2.05) is 29.2 Å². The lowest BCUT2D eigenvalue weighted by molar-refractivity contribution is -0.150. The number of amides is 1. The van der Waals surface area contributed by atoms with Gasteiger partial charge in [-0.25, -0.2) is 4.98 Å². The van der Waals surface area contributed by atoms with Crippen LogP contribution in [0.15, 0.2) is 42.0 Å². The first-order valence-corrected chi connectivity index (χ1v) is 12.5. The fraction of sp³-hybridized carbons (Fsp3) is 0.440. The minimum absolute atomic E-state index is 0.0537. The van der Waals surface area contributed by atoms with Gasteiger partial charge < -0.3 is 19.9 Å². The highest BCUT2D eigenvalue weighted by Crippen LogP contribution is 2.34. The fourth-order valence-corrected chi connectivity index (χ4v) is 5.25. The van der Waals surface area contributed by atoms with Crippen molar-refractivity contribution in [2.45, 2.75) is 25.4 Å². The van der Waals surface area contributed by atoms with E-state index in [4.69, 9.17) is 9.47 Å². The molecule has 1 fully saturated rings. The van der Waals surface area contributed by atoms with Crippen molar-refractivity contribution in [2.24, 2.45) is 11.8 Å². The SMILES string of the molecule is COC(=O)[C@H]1CN(CC(=O)Nc2nccs2)CC[C@H]1CCC(O)c1cccc2ncc(OC)cc12. The summed E-state index contributed by atoms with van der Waals surface area (Å²) in [6.07, 6.45) is 4.49. The summed E-state index contributed by atoms with van der Waals surface area (Å²) in [7, 11) is 2.97. The van der Waals surface area contributed by atoms with Crippen LogP contribution < -0.4 is 10.1 Å². The Balaban J connectivity index is 1.39. The molecule has 10 heteroatoms. The summed E-state index contributed by atoms with van der Waals surface area (Å²) in [5.41, 5.74) is 1.58. The molecule has 1 aliphatic heterocycles. The second-order valence-corrected chi connectivity index (χ2v) is 9.58. The fourth-order valence-electron chi connectivity index (χ4n) is 4.71. The number of thiazole rings is 1. The number of aliphatic hydroxyl groups is 1. The Morgan fingerprint density at radius 3 is 2.91 bits per heavy atom. The van der Waals surface area contributed by atoms with E-state index in [0.717, 1.165) is 22.9 Å². The summed E-state index contributed by atoms with van der Waals surface area (Å²) >= 11 is 1.36. The molecule has 0 aliphatic carbocycles. The maximum Gasteiger partial charge on any atom is 0.310 e. The van der Waals surface area contributed by atoms with E-state index in [2.05, 4.69) is 15.3 Å². The molecule has 0 saturated carbocycles. The van der Waals surface area contributed by atoms with Gasteiger partial charge in [0.25, 0.3) is 0 Å². The number of piperidine rings is 1. The Labute approximate surface area is 208 Å². The zero-order chi connectivity index (χ0) is 24.8. The normalized spacial score (nSPS) is 19.3. The monoisotopic (exact) mass is 498 g/mol. The van der Waals surface area contributed by atoms with E-state index in [0.29, 0.717) is 36.8 Å². The number of ether oxygens (including phenoxy) is 2. The first kappa shape index (κ1) is 25.0. The van der Waals surface area contributed by atoms with Gasteiger partial charge in [0.2, 0.25) is 5.91 Å². The van der Waals surface area contributed by atoms with Gasteiger partial charge >= 0.3 is 5.97 Å². The number of likely N-dealkylation sites (tertiary alicyclic amines) is 1. The number of hydrogen-bond donors (Lipinski definition) is 2. The summed E-state index contributed by atoms with van der Waals surface area (Å²) in [6, 6.07) is 7.56. The summed E-state index contributed by atoms with van der Waals surface area (Å²) in [5, 5.41) is 17.0. The van der Waals surface area contributed by atoms with Crippen LogP contribution in [0.1, 0.15) is 30.9 Å². The molecule has 1 aromatic carbocycles. The number of nitrogens with zero attached hydrogens (tertiary/aromatic N) is 3. The van der Waals surface area contributed by atoms with Crippen LogP contribution >= 0.6 is 11.3 Å². The second-order valence-electron chi connectivity index (χ2n) is 8.68. The molecule has 2 aromatic heterocycles. The Bertz CT molecular complexity index is 1160. The average Bonchev–Trinajstić information content (AvgIpc) is 3.39. The van der Waals surface area contributed by atoms with Crippen LogP contribution in [0.3, 0.4) is 0 Å². The van der Waals surface area contributed by atoms with Crippen LogP contribution in [0.5, 0.6) is 5.75 Å². The molecule has 1 amide bonds. The third kappa shape index (κ3) is 6.14. The van der Waals surface area contributed by atoms with Crippen LogP contribution in [0, 0.1) is 11.8 Å². The molecule has 2 N–H and O–H groups in total. The molecule has 0 bridgehead atoms. The highest BCUT2D eigenvalue weighted by Gasteiger charge is 2.35. The number of anilines is 1. The van der Waals surface area contributed by atoms with Crippen molar-refractivity contribution in [2.75, 3.05) is 39.2 Å². The van der Waals surface area contributed by atoms with E-state index in [9.17, 15) is 14.7 Å². The first-order chi connectivity index (χ1) is 17.0. The Kier molecular flexibility index (Phi) is 8.27. The number of rotatable bonds is 9. The predicted octanol–water partition coefficient (Wildman–Crippen LogP) is 3.26. The molecule has 4 rings (SSSR count). The van der Waals surface area contributed by atoms with Gasteiger partial charge in [0.05, 0.1) is 44.5 Å². The van der Waals surface area contributed by atoms with Crippen molar-refractivity contribution < 1.29 is 24.2 Å². The van der Waals surface area contributed by atoms with Crippen LogP contribution in [0.25, 0.3) is 10.9 Å². The number of fused-ring (bicyclic) bond motifs is 1. The van der Waals surface area contributed by atoms with Crippen LogP contribution in [-0.2, 0) is 14.3 Å². The Morgan fingerprint density at radius 1 is 1.31 bits per heavy atom. The van der Waals surface area contributed by atoms with Gasteiger partial charge in [-0.3, -0.25) is 19.5 Å². The summed E-state index contributed by atoms with van der Waals surface area (Å²) in [6.45, 7) is 1.32. The van der Waals surface area contributed by atoms with Gasteiger partial charge in [-0.05, 0) is 49.4 Å². The van der Waals surface area contributed by atoms with E-state index < -0.39 is 6.10 Å². The van der Waals surface area contributed by atoms with Crippen molar-refractivity contribution in [1.82, 2.24) is 14.9 Å². The predicted molar refractivity (Wildman–Crippen MR) is 133 cm³/mol. The molecule has 1 aliphatic rings. The molecule has 1 saturated heterocycles. The third-order valence-electron chi connectivity index (χ3n) is 6.53. The van der Waals surface area contributed by atoms with Gasteiger partial charge in [0.15, 0.2) is 5.13 Å². The lowest BCUT2D eigenvalue weighted by atomic mass is 9.81. The molecule has 1 unspecified atom stereocenters. The molecule has 3 atom stereocenters. The number of hydrogen-bond acceptors (Lipinski definition) is 9. The maximum absolute atomic E-state index is 12.6. The van der Waals surface area contributed by atoms with Crippen molar-refractivity contribution in [3.05, 3.63) is 47.6 Å². The van der Waals surface area contributed by atoms with Crippen molar-refractivity contribution >= 4 is 39.2 Å². The molecule has 0 radical (unpaired) electrons. The molecule has 186 valence electrons. The van der Waals surface area contributed by atoms with Crippen molar-refractivity contribution in [1.29, 1.82) is 0 Å². The van der Waals surface area contributed by atoms with E-state index >= 15 is 0 Å². The Morgan fingerprint density at radius 2 is 2.17 bits per heavy atom. The number of esters is 1. The number of aliphatic hydroxyl groups excluding tert-OH is 1. The Hall–Kier alpha value is -3.08. The highest BCUT2D eigenvalue weighted by atomic mass is 32.1. The van der Waals surface area contributed by atoms with Crippen LogP contribution in [0.2, 0.25) is 0 Å². The molecule has 9 nitrogen and oxygen atoms in total. The largest absolute Gasteiger partial charge is 0.495 e. The standard InChI is InChI=1S/C25H30N4O5S/c1-33-17-12-19-18(4-3-5-21(19)27-13-17)22(30)7-6-16-8-10-29(14-20(16)24(32)34-2)15-23(31)28-25-26-9-11-35-25/h3-5,9,11-13,16,20,22,30H,6-8,10,14-15H2,1-2H3,(H,26,28,31)/t16-,20+,22?/m1/s1. The van der Waals surface area contributed by atoms with Gasteiger partial charge in [-0.15, -0.1) is 11.3 Å². The summed E-state index contributed by atoms with van der Waals surface area (Å²) in [5.74, 6) is -0.110. The quantitative estimate of drug-likeness (QED) is 0.432. The van der Waals surface area contributed by atoms with Gasteiger partial charge in [-0.1, -0.05) is 12.1 Å². The number of nitrogens with one attached hydrogen (secondary N) is 1. The summed E-state index contributed by atoms with van der Waals surface area (Å²) in [4.78, 5) is 35.4. The minimum Gasteiger partial charge on any atom is -0.495 e. The van der Waals surface area contributed by atoms with Gasteiger partial charge in [0.1, 0.15) is 5.75 Å². The molecule has 0 spiro atoms. The zero-order valence-corrected chi connectivity index (χ0v) is 20.7. The molecule has 3 heterocycles. The van der Waals surface area contributed by atoms with Gasteiger partial charge in [-0.2, -0.15) is 0 Å². The highest BCUT2D eigenvalue weighted by molar-refractivity contribution is 7.13. The van der Waals surface area contributed by atoms with Crippen molar-refractivity contribution in [3.8, 4) is 5.75 Å². The minimum atomic E-state index is -0.701. The topological polar surface area (TPSA) is 114 Å². The van der Waals surface area contributed by atoms with Crippen LogP contribution in [0.4, 0.5) is 5.13 Å². The average molecular weight is 499 g/mol. The van der Waals surface area contributed by atoms with Crippen molar-refractivity contribution in [3.63, 3.8) is 0 Å². The number of methoxy groups -OCH3 is 2. The van der Waals surface area contributed by atoms with Crippen LogP contribution in [-0.4, -0.2) is 65.7 Å². The van der Waals surface area contributed by atoms with E-state index in [1.165, 1.54) is 18.4 Å². The molecular formula is C25H30N4O5S. The lowest BCUT2D eigenvalue weighted by Gasteiger charge is -2.37. The zero-order valence-electron chi connectivity index (χ0n) is 19.8. The first-order valence-electron chi connectivity index (χ1n) is 11.6. The second kappa shape index (κ2) is 11.6. The smallest absolute Gasteiger partial charge is 0.310 e. The number of benzene rings is 1. The summed E-state index contributed by atoms with van der Waals surface area (Å²) < 4.78 is 10.4. The lowest BCUT2D eigenvalue weighted by Crippen LogP contribution is -2.47.